The quantitative estimate of drug-likeness (QED) is 0.638. The van der Waals surface area contributed by atoms with Crippen LogP contribution in [0.25, 0.3) is 0 Å². The molecule has 0 heterocycles. The summed E-state index contributed by atoms with van der Waals surface area (Å²) in [4.78, 5) is 22.5. The van der Waals surface area contributed by atoms with Crippen LogP contribution in [0.3, 0.4) is 0 Å². The van der Waals surface area contributed by atoms with E-state index in [-0.39, 0.29) is 11.6 Å². The van der Waals surface area contributed by atoms with Gasteiger partial charge in [-0.1, -0.05) is 40.2 Å². The first-order valence-electron chi connectivity index (χ1n) is 6.76. The van der Waals surface area contributed by atoms with Crippen molar-refractivity contribution in [2.75, 3.05) is 5.32 Å². The maximum atomic E-state index is 12.0. The molecule has 1 N–H and O–H groups in total. The minimum Gasteiger partial charge on any atom is -0.326 e. The fourth-order valence-corrected chi connectivity index (χ4v) is 2.60. The summed E-state index contributed by atoms with van der Waals surface area (Å²) in [5, 5.41) is 13.6. The topological polar surface area (TPSA) is 72.2 Å². The third kappa shape index (κ3) is 3.92. The Balaban J connectivity index is 2.02. The number of hydrogen-bond donors (Lipinski definition) is 1. The Hall–Kier alpha value is -2.21. The van der Waals surface area contributed by atoms with Gasteiger partial charge in [0.05, 0.1) is 16.2 Å². The van der Waals surface area contributed by atoms with Crippen molar-refractivity contribution in [3.63, 3.8) is 0 Å². The number of amides is 1. The van der Waals surface area contributed by atoms with Gasteiger partial charge in [0.15, 0.2) is 0 Å². The molecule has 0 unspecified atom stereocenters. The predicted octanol–water partition coefficient (Wildman–Crippen LogP) is 4.24. The Labute approximate surface area is 136 Å². The number of halogens is 1. The van der Waals surface area contributed by atoms with Crippen molar-refractivity contribution in [1.82, 2.24) is 0 Å². The van der Waals surface area contributed by atoms with Crippen molar-refractivity contribution in [3.05, 3.63) is 68.2 Å². The van der Waals surface area contributed by atoms with Crippen LogP contribution in [-0.4, -0.2) is 10.8 Å². The van der Waals surface area contributed by atoms with E-state index >= 15 is 0 Å². The molecule has 0 aliphatic heterocycles. The zero-order chi connectivity index (χ0) is 16.1. The van der Waals surface area contributed by atoms with Crippen molar-refractivity contribution in [2.45, 2.75) is 19.8 Å². The van der Waals surface area contributed by atoms with Crippen molar-refractivity contribution < 1.29 is 9.72 Å². The van der Waals surface area contributed by atoms with Gasteiger partial charge in [-0.25, -0.2) is 0 Å². The molecule has 0 spiro atoms. The lowest BCUT2D eigenvalue weighted by Crippen LogP contribution is -2.13. The molecule has 0 saturated carbocycles. The summed E-state index contributed by atoms with van der Waals surface area (Å²) in [5.41, 5.74) is 1.99. The van der Waals surface area contributed by atoms with E-state index < -0.39 is 4.92 Å². The molecule has 22 heavy (non-hydrogen) atoms. The minimum atomic E-state index is -0.452. The molecule has 0 bridgehead atoms. The number of nitrogens with one attached hydrogen (secondary N) is 1. The van der Waals surface area contributed by atoms with Crippen LogP contribution in [0.4, 0.5) is 11.4 Å². The summed E-state index contributed by atoms with van der Waals surface area (Å²) >= 11 is 3.44. The predicted molar refractivity (Wildman–Crippen MR) is 88.9 cm³/mol. The van der Waals surface area contributed by atoms with Gasteiger partial charge in [-0.3, -0.25) is 14.9 Å². The Bertz CT molecular complexity index is 716. The molecule has 5 nitrogen and oxygen atoms in total. The number of carbonyl (C=O) groups excluding carboxylic acids is 1. The Morgan fingerprint density at radius 2 is 1.95 bits per heavy atom. The fraction of sp³-hybridized carbons (Fsp3) is 0.188. The van der Waals surface area contributed by atoms with Gasteiger partial charge in [0, 0.05) is 17.0 Å². The van der Waals surface area contributed by atoms with Crippen LogP contribution in [0.15, 0.2) is 46.9 Å². The number of nitrogens with zero attached hydrogens (tertiary/aromatic N) is 1. The zero-order valence-electron chi connectivity index (χ0n) is 12.0. The van der Waals surface area contributed by atoms with Gasteiger partial charge in [-0.15, -0.1) is 0 Å². The third-order valence-electron chi connectivity index (χ3n) is 3.36. The average molecular weight is 363 g/mol. The monoisotopic (exact) mass is 362 g/mol. The number of hydrogen-bond acceptors (Lipinski definition) is 3. The van der Waals surface area contributed by atoms with Gasteiger partial charge >= 0.3 is 0 Å². The molecule has 0 atom stereocenters. The first-order valence-corrected chi connectivity index (χ1v) is 7.55. The van der Waals surface area contributed by atoms with E-state index in [0.717, 1.165) is 10.0 Å². The van der Waals surface area contributed by atoms with Gasteiger partial charge in [-0.2, -0.15) is 0 Å². The smallest absolute Gasteiger partial charge is 0.274 e. The summed E-state index contributed by atoms with van der Waals surface area (Å²) < 4.78 is 0.967. The lowest BCUT2D eigenvalue weighted by atomic mass is 10.1. The molecule has 2 aromatic carbocycles. The highest BCUT2D eigenvalue weighted by molar-refractivity contribution is 9.10. The van der Waals surface area contributed by atoms with Crippen LogP contribution in [0, 0.1) is 17.0 Å². The highest BCUT2D eigenvalue weighted by atomic mass is 79.9. The number of carbonyl (C=O) groups is 1. The highest BCUT2D eigenvalue weighted by Crippen LogP contribution is 2.25. The van der Waals surface area contributed by atoms with Gasteiger partial charge < -0.3 is 5.32 Å². The van der Waals surface area contributed by atoms with E-state index in [9.17, 15) is 14.9 Å². The van der Waals surface area contributed by atoms with Crippen LogP contribution >= 0.6 is 15.9 Å². The largest absolute Gasteiger partial charge is 0.326 e. The summed E-state index contributed by atoms with van der Waals surface area (Å²) in [6, 6.07) is 12.4. The Kier molecular flexibility index (Phi) is 5.27. The van der Waals surface area contributed by atoms with Gasteiger partial charge in [0.25, 0.3) is 5.69 Å². The molecule has 0 saturated heterocycles. The zero-order valence-corrected chi connectivity index (χ0v) is 13.6. The van der Waals surface area contributed by atoms with E-state index in [1.54, 1.807) is 19.1 Å². The highest BCUT2D eigenvalue weighted by Gasteiger charge is 2.14. The molecular weight excluding hydrogens is 348 g/mol. The minimum absolute atomic E-state index is 0.00334. The number of rotatable bonds is 5. The van der Waals surface area contributed by atoms with Crippen LogP contribution in [0.2, 0.25) is 0 Å². The fourth-order valence-electron chi connectivity index (χ4n) is 2.12. The standard InChI is InChI=1S/C16H15BrN2O3/c1-11-14(7-4-8-15(11)19(21)22)18-16(20)10-9-12-5-2-3-6-13(12)17/h2-8H,9-10H2,1H3,(H,18,20). The first kappa shape index (κ1) is 16.2. The van der Waals surface area contributed by atoms with Crippen LogP contribution in [0.1, 0.15) is 17.5 Å². The SMILES string of the molecule is Cc1c(NC(=O)CCc2ccccc2Br)cccc1[N+](=O)[O-]. The van der Waals surface area contributed by atoms with E-state index in [2.05, 4.69) is 21.2 Å². The van der Waals surface area contributed by atoms with Crippen LogP contribution in [-0.2, 0) is 11.2 Å². The number of nitro benzene ring substituents is 1. The maximum absolute atomic E-state index is 12.0. The number of nitro groups is 1. The van der Waals surface area contributed by atoms with Crippen molar-refractivity contribution in [2.24, 2.45) is 0 Å². The van der Waals surface area contributed by atoms with Crippen LogP contribution < -0.4 is 5.32 Å². The molecule has 114 valence electrons. The lowest BCUT2D eigenvalue weighted by molar-refractivity contribution is -0.385. The second-order valence-electron chi connectivity index (χ2n) is 4.85. The van der Waals surface area contributed by atoms with E-state index in [4.69, 9.17) is 0 Å². The molecule has 6 heteroatoms. The molecule has 0 fully saturated rings. The second-order valence-corrected chi connectivity index (χ2v) is 5.70. The molecule has 2 rings (SSSR count). The van der Waals surface area contributed by atoms with Crippen LogP contribution in [0.5, 0.6) is 0 Å². The van der Waals surface area contributed by atoms with Gasteiger partial charge in [0.1, 0.15) is 0 Å². The molecule has 1 amide bonds. The third-order valence-corrected chi connectivity index (χ3v) is 4.13. The summed E-state index contributed by atoms with van der Waals surface area (Å²) in [7, 11) is 0. The van der Waals surface area contributed by atoms with Crippen molar-refractivity contribution in [3.8, 4) is 0 Å². The summed E-state index contributed by atoms with van der Waals surface area (Å²) in [6.07, 6.45) is 0.909. The number of aryl methyl sites for hydroxylation is 1. The average Bonchev–Trinajstić information content (AvgIpc) is 2.48. The van der Waals surface area contributed by atoms with Crippen molar-refractivity contribution >= 4 is 33.2 Å². The molecule has 0 aromatic heterocycles. The molecule has 0 aliphatic rings. The molecule has 2 aromatic rings. The molecule has 0 radical (unpaired) electrons. The van der Waals surface area contributed by atoms with Gasteiger partial charge in [-0.05, 0) is 31.0 Å². The Morgan fingerprint density at radius 3 is 2.64 bits per heavy atom. The second kappa shape index (κ2) is 7.17. The summed E-state index contributed by atoms with van der Waals surface area (Å²) in [6.45, 7) is 1.63. The van der Waals surface area contributed by atoms with E-state index in [1.165, 1.54) is 6.07 Å². The lowest BCUT2D eigenvalue weighted by Gasteiger charge is -2.09. The summed E-state index contributed by atoms with van der Waals surface area (Å²) in [5.74, 6) is -0.167. The number of benzene rings is 2. The first-order chi connectivity index (χ1) is 10.5. The Morgan fingerprint density at radius 1 is 1.23 bits per heavy atom. The van der Waals surface area contributed by atoms with E-state index in [1.807, 2.05) is 24.3 Å². The van der Waals surface area contributed by atoms with E-state index in [0.29, 0.717) is 24.1 Å². The normalized spacial score (nSPS) is 10.3. The van der Waals surface area contributed by atoms with Gasteiger partial charge in [0.2, 0.25) is 5.91 Å². The molecular formula is C16H15BrN2O3. The van der Waals surface area contributed by atoms with Crippen molar-refractivity contribution in [1.29, 1.82) is 0 Å². The number of anilines is 1. The molecule has 0 aliphatic carbocycles. The maximum Gasteiger partial charge on any atom is 0.274 e.